The van der Waals surface area contributed by atoms with Crippen molar-refractivity contribution in [3.63, 3.8) is 0 Å². The minimum atomic E-state index is 0.173. The van der Waals surface area contributed by atoms with Crippen LogP contribution in [0.3, 0.4) is 0 Å². The number of carbonyl (C=O) groups is 1. The summed E-state index contributed by atoms with van der Waals surface area (Å²) < 4.78 is 2.01. The summed E-state index contributed by atoms with van der Waals surface area (Å²) in [5.41, 5.74) is 0.897. The lowest BCUT2D eigenvalue weighted by atomic mass is 9.98. The van der Waals surface area contributed by atoms with Gasteiger partial charge in [-0.05, 0) is 64.3 Å². The number of hydrogen-bond acceptors (Lipinski definition) is 5. The average molecular weight is 375 g/mol. The third kappa shape index (κ3) is 3.87. The van der Waals surface area contributed by atoms with Crippen LogP contribution >= 0.6 is 11.8 Å². The van der Waals surface area contributed by atoms with Crippen molar-refractivity contribution in [1.82, 2.24) is 19.7 Å². The third-order valence-corrected chi connectivity index (χ3v) is 5.92. The summed E-state index contributed by atoms with van der Waals surface area (Å²) >= 11 is 1.44. The molecule has 1 aliphatic heterocycles. The summed E-state index contributed by atoms with van der Waals surface area (Å²) in [6.45, 7) is 7.02. The normalized spacial score (nSPS) is 20.3. The van der Waals surface area contributed by atoms with Crippen LogP contribution in [0.4, 0.5) is 0 Å². The number of carbonyl (C=O) groups excluding carboxylic acids is 1. The molecule has 0 spiro atoms. The molecule has 2 heterocycles. The quantitative estimate of drug-likeness (QED) is 0.811. The number of nitrogens with zero attached hydrogens (tertiary/aromatic N) is 4. The number of aromatic hydroxyl groups is 1. The Morgan fingerprint density at radius 1 is 1.19 bits per heavy atom. The average Bonchev–Trinajstić information content (AvgIpc) is 3.03. The second kappa shape index (κ2) is 8.12. The number of benzene rings is 1. The first kappa shape index (κ1) is 18.8. The van der Waals surface area contributed by atoms with Gasteiger partial charge in [-0.2, -0.15) is 0 Å². The van der Waals surface area contributed by atoms with E-state index in [1.807, 2.05) is 28.5 Å². The molecule has 1 fully saturated rings. The first-order valence-electron chi connectivity index (χ1n) is 9.17. The largest absolute Gasteiger partial charge is 0.508 e. The van der Waals surface area contributed by atoms with Gasteiger partial charge in [-0.15, -0.1) is 10.2 Å². The van der Waals surface area contributed by atoms with Crippen molar-refractivity contribution in [1.29, 1.82) is 0 Å². The Morgan fingerprint density at radius 3 is 2.46 bits per heavy atom. The van der Waals surface area contributed by atoms with Gasteiger partial charge in [-0.1, -0.05) is 11.8 Å². The lowest BCUT2D eigenvalue weighted by molar-refractivity contribution is -0.134. The summed E-state index contributed by atoms with van der Waals surface area (Å²) in [5.74, 6) is 1.53. The minimum absolute atomic E-state index is 0.173. The Kier molecular flexibility index (Phi) is 5.86. The molecule has 1 aliphatic rings. The molecule has 1 amide bonds. The molecule has 1 aromatic carbocycles. The van der Waals surface area contributed by atoms with Crippen molar-refractivity contribution in [2.45, 2.75) is 63.8 Å². The highest BCUT2D eigenvalue weighted by Crippen LogP contribution is 2.27. The Hall–Kier alpha value is -2.02. The second-order valence-electron chi connectivity index (χ2n) is 6.82. The molecule has 3 rings (SSSR count). The topological polar surface area (TPSA) is 71.2 Å². The number of hydrogen-bond donors (Lipinski definition) is 1. The van der Waals surface area contributed by atoms with Gasteiger partial charge < -0.3 is 14.6 Å². The molecule has 26 heavy (non-hydrogen) atoms. The van der Waals surface area contributed by atoms with E-state index in [2.05, 4.69) is 24.0 Å². The molecular formula is C19H26N4O2S. The summed E-state index contributed by atoms with van der Waals surface area (Å²) in [6, 6.07) is 7.54. The van der Waals surface area contributed by atoms with Gasteiger partial charge in [0, 0.05) is 24.2 Å². The number of likely N-dealkylation sites (tertiary alicyclic amines) is 1. The maximum atomic E-state index is 12.7. The number of rotatable bonds is 5. The van der Waals surface area contributed by atoms with Gasteiger partial charge in [0.15, 0.2) is 11.0 Å². The van der Waals surface area contributed by atoms with E-state index in [0.717, 1.165) is 35.9 Å². The standard InChI is InChI=1S/C19H26N4O2S/c1-4-22-18(15-8-10-16(24)11-9-15)20-21-19(22)26-12-17(25)23-13(2)6-5-7-14(23)3/h8-11,13-14,24H,4-7,12H2,1-3H3. The van der Waals surface area contributed by atoms with Crippen LogP contribution in [0.2, 0.25) is 0 Å². The van der Waals surface area contributed by atoms with Gasteiger partial charge in [0.2, 0.25) is 5.91 Å². The van der Waals surface area contributed by atoms with Crippen molar-refractivity contribution in [3.8, 4) is 17.1 Å². The fraction of sp³-hybridized carbons (Fsp3) is 0.526. The van der Waals surface area contributed by atoms with E-state index < -0.39 is 0 Å². The molecule has 6 nitrogen and oxygen atoms in total. The van der Waals surface area contributed by atoms with Gasteiger partial charge in [0.05, 0.1) is 5.75 Å². The Labute approximate surface area is 158 Å². The number of amides is 1. The van der Waals surface area contributed by atoms with Crippen LogP contribution in [0, 0.1) is 0 Å². The summed E-state index contributed by atoms with van der Waals surface area (Å²) in [5, 5.41) is 18.8. The monoisotopic (exact) mass is 374 g/mol. The molecular weight excluding hydrogens is 348 g/mol. The highest BCUT2D eigenvalue weighted by molar-refractivity contribution is 7.99. The van der Waals surface area contributed by atoms with Crippen molar-refractivity contribution >= 4 is 17.7 Å². The molecule has 140 valence electrons. The molecule has 0 radical (unpaired) electrons. The minimum Gasteiger partial charge on any atom is -0.508 e. The number of phenolic OH excluding ortho intramolecular Hbond substituents is 1. The van der Waals surface area contributed by atoms with E-state index in [4.69, 9.17) is 0 Å². The Balaban J connectivity index is 1.72. The first-order valence-corrected chi connectivity index (χ1v) is 10.2. The van der Waals surface area contributed by atoms with E-state index in [1.165, 1.54) is 18.2 Å². The van der Waals surface area contributed by atoms with Crippen LogP contribution in [-0.4, -0.2) is 48.5 Å². The zero-order valence-corrected chi connectivity index (χ0v) is 16.4. The first-order chi connectivity index (χ1) is 12.5. The van der Waals surface area contributed by atoms with E-state index >= 15 is 0 Å². The second-order valence-corrected chi connectivity index (χ2v) is 7.76. The smallest absolute Gasteiger partial charge is 0.233 e. The fourth-order valence-electron chi connectivity index (χ4n) is 3.62. The van der Waals surface area contributed by atoms with Crippen LogP contribution in [0.25, 0.3) is 11.4 Å². The number of aromatic nitrogens is 3. The molecule has 7 heteroatoms. The zero-order chi connectivity index (χ0) is 18.7. The van der Waals surface area contributed by atoms with Crippen LogP contribution in [-0.2, 0) is 11.3 Å². The Morgan fingerprint density at radius 2 is 1.85 bits per heavy atom. The molecule has 1 saturated heterocycles. The van der Waals surface area contributed by atoms with Gasteiger partial charge in [-0.25, -0.2) is 0 Å². The third-order valence-electron chi connectivity index (χ3n) is 4.96. The fourth-order valence-corrected chi connectivity index (χ4v) is 4.49. The lowest BCUT2D eigenvalue weighted by Gasteiger charge is -2.39. The summed E-state index contributed by atoms with van der Waals surface area (Å²) in [4.78, 5) is 14.8. The highest BCUT2D eigenvalue weighted by Gasteiger charge is 2.29. The molecule has 2 unspecified atom stereocenters. The molecule has 0 saturated carbocycles. The molecule has 1 aromatic heterocycles. The van der Waals surface area contributed by atoms with Crippen LogP contribution < -0.4 is 0 Å². The molecule has 2 atom stereocenters. The maximum Gasteiger partial charge on any atom is 0.233 e. The highest BCUT2D eigenvalue weighted by atomic mass is 32.2. The number of thioether (sulfide) groups is 1. The van der Waals surface area contributed by atoms with E-state index in [0.29, 0.717) is 17.8 Å². The predicted molar refractivity (Wildman–Crippen MR) is 103 cm³/mol. The van der Waals surface area contributed by atoms with Crippen molar-refractivity contribution in [2.75, 3.05) is 5.75 Å². The van der Waals surface area contributed by atoms with Gasteiger partial charge in [-0.3, -0.25) is 4.79 Å². The number of piperidine rings is 1. The van der Waals surface area contributed by atoms with Crippen LogP contribution in [0.1, 0.15) is 40.0 Å². The van der Waals surface area contributed by atoms with E-state index in [9.17, 15) is 9.90 Å². The molecule has 0 aliphatic carbocycles. The van der Waals surface area contributed by atoms with Gasteiger partial charge in [0.25, 0.3) is 0 Å². The summed E-state index contributed by atoms with van der Waals surface area (Å²) in [7, 11) is 0. The SMILES string of the molecule is CCn1c(SCC(=O)N2C(C)CCCC2C)nnc1-c1ccc(O)cc1. The van der Waals surface area contributed by atoms with Gasteiger partial charge >= 0.3 is 0 Å². The van der Waals surface area contributed by atoms with Gasteiger partial charge in [0.1, 0.15) is 5.75 Å². The zero-order valence-electron chi connectivity index (χ0n) is 15.6. The maximum absolute atomic E-state index is 12.7. The van der Waals surface area contributed by atoms with Crippen molar-refractivity contribution in [3.05, 3.63) is 24.3 Å². The van der Waals surface area contributed by atoms with Crippen LogP contribution in [0.15, 0.2) is 29.4 Å². The van der Waals surface area contributed by atoms with Crippen LogP contribution in [0.5, 0.6) is 5.75 Å². The molecule has 0 bridgehead atoms. The van der Waals surface area contributed by atoms with Crippen molar-refractivity contribution < 1.29 is 9.90 Å². The van der Waals surface area contributed by atoms with E-state index in [-0.39, 0.29) is 11.7 Å². The molecule has 1 N–H and O–H groups in total. The predicted octanol–water partition coefficient (Wildman–Crippen LogP) is 3.55. The summed E-state index contributed by atoms with van der Waals surface area (Å²) in [6.07, 6.45) is 3.35. The van der Waals surface area contributed by atoms with Crippen molar-refractivity contribution in [2.24, 2.45) is 0 Å². The number of phenols is 1. The van der Waals surface area contributed by atoms with E-state index in [1.54, 1.807) is 12.1 Å². The Bertz CT molecular complexity index is 749. The lowest BCUT2D eigenvalue weighted by Crippen LogP contribution is -2.48. The molecule has 2 aromatic rings.